The first-order valence-electron chi connectivity index (χ1n) is 4.99. The van der Waals surface area contributed by atoms with E-state index in [1.54, 1.807) is 12.2 Å². The van der Waals surface area contributed by atoms with Crippen LogP contribution in [0.2, 0.25) is 0 Å². The Morgan fingerprint density at radius 2 is 1.13 bits per heavy atom. The zero-order chi connectivity index (χ0) is 10.7. The van der Waals surface area contributed by atoms with E-state index in [2.05, 4.69) is 13.2 Å². The van der Waals surface area contributed by atoms with Crippen molar-refractivity contribution in [2.75, 3.05) is 26.4 Å². The molecule has 0 aliphatic carbocycles. The van der Waals surface area contributed by atoms with Crippen molar-refractivity contribution in [2.45, 2.75) is 12.6 Å². The van der Waals surface area contributed by atoms with Crippen molar-refractivity contribution < 1.29 is 18.9 Å². The molecule has 15 heavy (non-hydrogen) atoms. The number of hydrogen-bond donors (Lipinski definition) is 0. The Balaban J connectivity index is 1.88. The maximum absolute atomic E-state index is 5.46. The van der Waals surface area contributed by atoms with Gasteiger partial charge in [-0.25, -0.2) is 0 Å². The van der Waals surface area contributed by atoms with Crippen LogP contribution in [-0.2, 0) is 18.9 Å². The molecule has 2 heterocycles. The van der Waals surface area contributed by atoms with Gasteiger partial charge in [0.1, 0.15) is 0 Å². The third kappa shape index (κ3) is 2.29. The molecule has 0 aromatic rings. The van der Waals surface area contributed by atoms with Gasteiger partial charge in [0.2, 0.25) is 0 Å². The molecule has 0 amide bonds. The summed E-state index contributed by atoms with van der Waals surface area (Å²) in [4.78, 5) is 0. The molecule has 0 N–H and O–H groups in total. The maximum atomic E-state index is 5.46. The van der Waals surface area contributed by atoms with Crippen molar-refractivity contribution in [1.29, 1.82) is 0 Å². The molecule has 0 saturated carbocycles. The van der Waals surface area contributed by atoms with Gasteiger partial charge in [-0.1, -0.05) is 13.2 Å². The minimum atomic E-state index is -0.298. The molecule has 0 aromatic carbocycles. The summed E-state index contributed by atoms with van der Waals surface area (Å²) >= 11 is 0. The summed E-state index contributed by atoms with van der Waals surface area (Å²) in [5, 5.41) is 0. The molecule has 84 valence electrons. The topological polar surface area (TPSA) is 36.9 Å². The standard InChI is InChI=1S/C11H16O4/c1-3-9-12-5-11(6-13-9)7-14-10(4-2)15-8-11/h3-4,9-10H,1-2,5-8H2. The van der Waals surface area contributed by atoms with E-state index in [9.17, 15) is 0 Å². The summed E-state index contributed by atoms with van der Waals surface area (Å²) in [6, 6.07) is 0. The lowest BCUT2D eigenvalue weighted by Crippen LogP contribution is -2.51. The third-order valence-electron chi connectivity index (χ3n) is 2.60. The Labute approximate surface area is 89.5 Å². The fourth-order valence-electron chi connectivity index (χ4n) is 1.65. The van der Waals surface area contributed by atoms with Crippen LogP contribution in [0.4, 0.5) is 0 Å². The normalized spacial score (nSPS) is 41.3. The first-order valence-corrected chi connectivity index (χ1v) is 4.99. The average Bonchev–Trinajstić information content (AvgIpc) is 2.31. The van der Waals surface area contributed by atoms with Crippen molar-refractivity contribution in [2.24, 2.45) is 5.41 Å². The van der Waals surface area contributed by atoms with Crippen LogP contribution >= 0.6 is 0 Å². The SMILES string of the molecule is C=CC1OCC2(CO1)COC(C=C)OC2. The van der Waals surface area contributed by atoms with Crippen molar-refractivity contribution in [1.82, 2.24) is 0 Å². The molecule has 2 saturated heterocycles. The molecule has 1 spiro atoms. The second-order valence-corrected chi connectivity index (χ2v) is 3.95. The van der Waals surface area contributed by atoms with Gasteiger partial charge in [0, 0.05) is 0 Å². The molecule has 2 aliphatic rings. The van der Waals surface area contributed by atoms with Gasteiger partial charge in [-0.2, -0.15) is 0 Å². The molecule has 0 aromatic heterocycles. The van der Waals surface area contributed by atoms with Crippen LogP contribution in [-0.4, -0.2) is 39.0 Å². The van der Waals surface area contributed by atoms with Crippen LogP contribution in [0.25, 0.3) is 0 Å². The first kappa shape index (κ1) is 10.8. The highest BCUT2D eigenvalue weighted by atomic mass is 16.7. The second kappa shape index (κ2) is 4.45. The molecule has 0 unspecified atom stereocenters. The smallest absolute Gasteiger partial charge is 0.176 e. The Hall–Kier alpha value is -0.680. The zero-order valence-electron chi connectivity index (χ0n) is 8.69. The summed E-state index contributed by atoms with van der Waals surface area (Å²) in [6.45, 7) is 9.54. The summed E-state index contributed by atoms with van der Waals surface area (Å²) in [5.74, 6) is 0. The van der Waals surface area contributed by atoms with Gasteiger partial charge < -0.3 is 18.9 Å². The van der Waals surface area contributed by atoms with Crippen LogP contribution in [0.15, 0.2) is 25.3 Å². The molecule has 0 bridgehead atoms. The predicted molar refractivity (Wildman–Crippen MR) is 54.2 cm³/mol. The fraction of sp³-hybridized carbons (Fsp3) is 0.636. The molecule has 2 aliphatic heterocycles. The molecule has 2 fully saturated rings. The number of hydrogen-bond acceptors (Lipinski definition) is 4. The van der Waals surface area contributed by atoms with E-state index >= 15 is 0 Å². The van der Waals surface area contributed by atoms with E-state index in [0.717, 1.165) is 0 Å². The maximum Gasteiger partial charge on any atom is 0.176 e. The van der Waals surface area contributed by atoms with Gasteiger partial charge in [-0.3, -0.25) is 0 Å². The van der Waals surface area contributed by atoms with Crippen LogP contribution in [0, 0.1) is 5.41 Å². The van der Waals surface area contributed by atoms with Crippen LogP contribution in [0.3, 0.4) is 0 Å². The van der Waals surface area contributed by atoms with Crippen LogP contribution < -0.4 is 0 Å². The van der Waals surface area contributed by atoms with Gasteiger partial charge in [0.15, 0.2) is 12.6 Å². The third-order valence-corrected chi connectivity index (χ3v) is 2.60. The minimum absolute atomic E-state index is 0.168. The predicted octanol–water partition coefficient (Wildman–Crippen LogP) is 1.09. The lowest BCUT2D eigenvalue weighted by Gasteiger charge is -2.42. The Kier molecular flexibility index (Phi) is 3.21. The highest BCUT2D eigenvalue weighted by molar-refractivity contribution is 4.89. The highest BCUT2D eigenvalue weighted by Gasteiger charge is 2.40. The largest absolute Gasteiger partial charge is 0.348 e. The van der Waals surface area contributed by atoms with E-state index in [-0.39, 0.29) is 18.0 Å². The minimum Gasteiger partial charge on any atom is -0.348 e. The average molecular weight is 212 g/mol. The van der Waals surface area contributed by atoms with E-state index in [1.165, 1.54) is 0 Å². The zero-order valence-corrected chi connectivity index (χ0v) is 8.69. The lowest BCUT2D eigenvalue weighted by molar-refractivity contribution is -0.282. The number of ether oxygens (including phenoxy) is 4. The lowest BCUT2D eigenvalue weighted by atomic mass is 9.91. The van der Waals surface area contributed by atoms with Gasteiger partial charge in [-0.15, -0.1) is 0 Å². The van der Waals surface area contributed by atoms with E-state index < -0.39 is 0 Å². The van der Waals surface area contributed by atoms with Gasteiger partial charge in [0.25, 0.3) is 0 Å². The molecule has 2 rings (SSSR count). The van der Waals surface area contributed by atoms with Crippen molar-refractivity contribution in [3.8, 4) is 0 Å². The summed E-state index contributed by atoms with van der Waals surface area (Å²) in [7, 11) is 0. The first-order chi connectivity index (χ1) is 7.28. The molecule has 0 atom stereocenters. The molecule has 4 heteroatoms. The second-order valence-electron chi connectivity index (χ2n) is 3.95. The monoisotopic (exact) mass is 212 g/mol. The summed E-state index contributed by atoms with van der Waals surface area (Å²) in [6.07, 6.45) is 2.69. The summed E-state index contributed by atoms with van der Waals surface area (Å²) < 4.78 is 21.9. The van der Waals surface area contributed by atoms with E-state index in [1.807, 2.05) is 0 Å². The fourth-order valence-corrected chi connectivity index (χ4v) is 1.65. The van der Waals surface area contributed by atoms with Gasteiger partial charge >= 0.3 is 0 Å². The van der Waals surface area contributed by atoms with Crippen molar-refractivity contribution >= 4 is 0 Å². The van der Waals surface area contributed by atoms with E-state index in [4.69, 9.17) is 18.9 Å². The quantitative estimate of drug-likeness (QED) is 0.642. The molecular formula is C11H16O4. The van der Waals surface area contributed by atoms with Gasteiger partial charge in [0.05, 0.1) is 31.8 Å². The Bertz CT molecular complexity index is 205. The summed E-state index contributed by atoms with van der Waals surface area (Å²) in [5.41, 5.74) is -0.168. The van der Waals surface area contributed by atoms with E-state index in [0.29, 0.717) is 26.4 Å². The molecule has 4 nitrogen and oxygen atoms in total. The molecular weight excluding hydrogens is 196 g/mol. The Morgan fingerprint density at radius 1 is 0.800 bits per heavy atom. The van der Waals surface area contributed by atoms with Crippen molar-refractivity contribution in [3.63, 3.8) is 0 Å². The van der Waals surface area contributed by atoms with Crippen LogP contribution in [0.5, 0.6) is 0 Å². The van der Waals surface area contributed by atoms with Crippen LogP contribution in [0.1, 0.15) is 0 Å². The van der Waals surface area contributed by atoms with Crippen molar-refractivity contribution in [3.05, 3.63) is 25.3 Å². The van der Waals surface area contributed by atoms with Gasteiger partial charge in [-0.05, 0) is 12.2 Å². The highest BCUT2D eigenvalue weighted by Crippen LogP contribution is 2.30. The molecule has 0 radical (unpaired) electrons. The number of rotatable bonds is 2. The Morgan fingerprint density at radius 3 is 1.40 bits per heavy atom.